The molecule has 2 aromatic carbocycles. The van der Waals surface area contributed by atoms with E-state index < -0.39 is 11.7 Å². The molecule has 3 aromatic rings. The number of pyridine rings is 1. The molecule has 0 radical (unpaired) electrons. The summed E-state index contributed by atoms with van der Waals surface area (Å²) >= 11 is 0. The van der Waals surface area contributed by atoms with E-state index in [2.05, 4.69) is 10.3 Å². The normalized spacial score (nSPS) is 11.5. The molecule has 1 aromatic heterocycles. The molecular formula is C20H17F3N2O. The van der Waals surface area contributed by atoms with Crippen LogP contribution in [-0.2, 0) is 23.8 Å². The van der Waals surface area contributed by atoms with Crippen molar-refractivity contribution in [3.63, 3.8) is 0 Å². The minimum absolute atomic E-state index is 0.165. The zero-order chi connectivity index (χ0) is 18.6. The summed E-state index contributed by atoms with van der Waals surface area (Å²) in [6.45, 7) is 0.284. The number of carbonyl (C=O) groups excluding carboxylic acids is 1. The van der Waals surface area contributed by atoms with Crippen molar-refractivity contribution in [2.45, 2.75) is 19.0 Å². The Morgan fingerprint density at radius 3 is 2.69 bits per heavy atom. The van der Waals surface area contributed by atoms with Gasteiger partial charge in [-0.1, -0.05) is 36.4 Å². The van der Waals surface area contributed by atoms with Crippen LogP contribution in [0.15, 0.2) is 60.9 Å². The van der Waals surface area contributed by atoms with Gasteiger partial charge >= 0.3 is 6.18 Å². The van der Waals surface area contributed by atoms with Crippen LogP contribution in [0.5, 0.6) is 0 Å². The quantitative estimate of drug-likeness (QED) is 0.744. The number of amides is 1. The van der Waals surface area contributed by atoms with E-state index in [1.165, 1.54) is 6.07 Å². The standard InChI is InChI=1S/C20H17F3N2O/c21-20(22,23)17-6-1-3-14(11-17)7-10-25-19(26)12-15-4-2-5-16-13-24-9-8-18(15)16/h1-6,8-9,11,13H,7,10,12H2,(H,25,26). The molecule has 0 bridgehead atoms. The van der Waals surface area contributed by atoms with Crippen molar-refractivity contribution in [1.29, 1.82) is 0 Å². The molecule has 0 aliphatic carbocycles. The van der Waals surface area contributed by atoms with Gasteiger partial charge in [-0.2, -0.15) is 13.2 Å². The summed E-state index contributed by atoms with van der Waals surface area (Å²) < 4.78 is 38.1. The Kier molecular flexibility index (Phi) is 5.21. The van der Waals surface area contributed by atoms with Crippen molar-refractivity contribution in [3.05, 3.63) is 77.6 Å². The van der Waals surface area contributed by atoms with Crippen molar-refractivity contribution in [1.82, 2.24) is 10.3 Å². The van der Waals surface area contributed by atoms with Gasteiger partial charge in [0.1, 0.15) is 0 Å². The van der Waals surface area contributed by atoms with Crippen LogP contribution >= 0.6 is 0 Å². The smallest absolute Gasteiger partial charge is 0.355 e. The Morgan fingerprint density at radius 2 is 1.88 bits per heavy atom. The lowest BCUT2D eigenvalue weighted by atomic mass is 10.0. The van der Waals surface area contributed by atoms with E-state index in [0.29, 0.717) is 12.0 Å². The number of rotatable bonds is 5. The molecule has 26 heavy (non-hydrogen) atoms. The SMILES string of the molecule is O=C(Cc1cccc2cnccc12)NCCc1cccc(C(F)(F)F)c1. The van der Waals surface area contributed by atoms with Crippen LogP contribution in [0.4, 0.5) is 13.2 Å². The number of hydrogen-bond acceptors (Lipinski definition) is 2. The van der Waals surface area contributed by atoms with Gasteiger partial charge in [0.05, 0.1) is 12.0 Å². The highest BCUT2D eigenvalue weighted by atomic mass is 19.4. The molecule has 3 rings (SSSR count). The molecule has 0 aliphatic rings. The Bertz CT molecular complexity index is 917. The predicted octanol–water partition coefficient (Wildman–Crippen LogP) is 4.16. The number of hydrogen-bond donors (Lipinski definition) is 1. The van der Waals surface area contributed by atoms with Gasteiger partial charge in [-0.15, -0.1) is 0 Å². The van der Waals surface area contributed by atoms with Gasteiger partial charge < -0.3 is 5.32 Å². The number of halogens is 3. The lowest BCUT2D eigenvalue weighted by molar-refractivity contribution is -0.137. The van der Waals surface area contributed by atoms with Crippen LogP contribution in [0.1, 0.15) is 16.7 Å². The van der Waals surface area contributed by atoms with E-state index in [1.807, 2.05) is 24.3 Å². The first kappa shape index (κ1) is 17.9. The number of nitrogens with one attached hydrogen (secondary N) is 1. The fourth-order valence-electron chi connectivity index (χ4n) is 2.83. The Hall–Kier alpha value is -2.89. The fourth-order valence-corrected chi connectivity index (χ4v) is 2.83. The highest BCUT2D eigenvalue weighted by Gasteiger charge is 2.30. The van der Waals surface area contributed by atoms with E-state index in [-0.39, 0.29) is 18.9 Å². The number of carbonyl (C=O) groups is 1. The van der Waals surface area contributed by atoms with Crippen molar-refractivity contribution < 1.29 is 18.0 Å². The third-order valence-electron chi connectivity index (χ3n) is 4.11. The summed E-state index contributed by atoms with van der Waals surface area (Å²) in [6.07, 6.45) is -0.386. The molecule has 0 aliphatic heterocycles. The van der Waals surface area contributed by atoms with Crippen LogP contribution in [-0.4, -0.2) is 17.4 Å². The minimum atomic E-state index is -4.36. The average molecular weight is 358 g/mol. The number of aromatic nitrogens is 1. The van der Waals surface area contributed by atoms with E-state index in [0.717, 1.165) is 28.5 Å². The largest absolute Gasteiger partial charge is 0.416 e. The molecule has 0 atom stereocenters. The maximum Gasteiger partial charge on any atom is 0.416 e. The molecule has 6 heteroatoms. The Morgan fingerprint density at radius 1 is 1.08 bits per heavy atom. The van der Waals surface area contributed by atoms with E-state index in [4.69, 9.17) is 0 Å². The van der Waals surface area contributed by atoms with Gasteiger partial charge in [-0.25, -0.2) is 0 Å². The van der Waals surface area contributed by atoms with Gasteiger partial charge in [0.25, 0.3) is 0 Å². The summed E-state index contributed by atoms with van der Waals surface area (Å²) in [5.74, 6) is -0.165. The first-order chi connectivity index (χ1) is 12.4. The Balaban J connectivity index is 1.58. The van der Waals surface area contributed by atoms with E-state index in [9.17, 15) is 18.0 Å². The van der Waals surface area contributed by atoms with Crippen LogP contribution in [0.2, 0.25) is 0 Å². The molecule has 3 nitrogen and oxygen atoms in total. The molecule has 0 spiro atoms. The third kappa shape index (κ3) is 4.39. The zero-order valence-corrected chi connectivity index (χ0v) is 13.9. The van der Waals surface area contributed by atoms with Crippen molar-refractivity contribution in [2.75, 3.05) is 6.54 Å². The molecule has 1 heterocycles. The summed E-state index contributed by atoms with van der Waals surface area (Å²) in [5, 5.41) is 4.69. The van der Waals surface area contributed by atoms with Gasteiger partial charge in [-0.3, -0.25) is 9.78 Å². The average Bonchev–Trinajstić information content (AvgIpc) is 2.62. The maximum atomic E-state index is 12.7. The van der Waals surface area contributed by atoms with Gasteiger partial charge in [0.15, 0.2) is 0 Å². The predicted molar refractivity (Wildman–Crippen MR) is 93.6 cm³/mol. The van der Waals surface area contributed by atoms with Gasteiger partial charge in [-0.05, 0) is 35.1 Å². The summed E-state index contributed by atoms with van der Waals surface area (Å²) in [4.78, 5) is 16.2. The molecular weight excluding hydrogens is 341 g/mol. The Labute approximate surface area is 148 Å². The molecule has 134 valence electrons. The number of alkyl halides is 3. The third-order valence-corrected chi connectivity index (χ3v) is 4.11. The number of fused-ring (bicyclic) bond motifs is 1. The number of benzene rings is 2. The van der Waals surface area contributed by atoms with Crippen molar-refractivity contribution in [3.8, 4) is 0 Å². The van der Waals surface area contributed by atoms with Crippen LogP contribution < -0.4 is 5.32 Å². The van der Waals surface area contributed by atoms with Gasteiger partial charge in [0, 0.05) is 24.3 Å². The maximum absolute atomic E-state index is 12.7. The monoisotopic (exact) mass is 358 g/mol. The molecule has 0 saturated carbocycles. The second kappa shape index (κ2) is 7.56. The lowest BCUT2D eigenvalue weighted by Gasteiger charge is -2.10. The fraction of sp³-hybridized carbons (Fsp3) is 0.200. The topological polar surface area (TPSA) is 42.0 Å². The second-order valence-corrected chi connectivity index (χ2v) is 5.99. The van der Waals surface area contributed by atoms with Gasteiger partial charge in [0.2, 0.25) is 5.91 Å². The highest BCUT2D eigenvalue weighted by Crippen LogP contribution is 2.29. The lowest BCUT2D eigenvalue weighted by Crippen LogP contribution is -2.27. The van der Waals surface area contributed by atoms with Crippen molar-refractivity contribution in [2.24, 2.45) is 0 Å². The summed E-state index contributed by atoms with van der Waals surface area (Å²) in [6, 6.07) is 12.7. The molecule has 0 saturated heterocycles. The van der Waals surface area contributed by atoms with Crippen LogP contribution in [0, 0.1) is 0 Å². The van der Waals surface area contributed by atoms with E-state index >= 15 is 0 Å². The van der Waals surface area contributed by atoms with Crippen LogP contribution in [0.25, 0.3) is 10.8 Å². The number of nitrogens with zero attached hydrogens (tertiary/aromatic N) is 1. The molecule has 0 unspecified atom stereocenters. The summed E-state index contributed by atoms with van der Waals surface area (Å²) in [7, 11) is 0. The highest BCUT2D eigenvalue weighted by molar-refractivity contribution is 5.89. The first-order valence-electron chi connectivity index (χ1n) is 8.18. The second-order valence-electron chi connectivity index (χ2n) is 5.99. The molecule has 0 fully saturated rings. The van der Waals surface area contributed by atoms with E-state index in [1.54, 1.807) is 18.5 Å². The first-order valence-corrected chi connectivity index (χ1v) is 8.18. The molecule has 1 N–H and O–H groups in total. The van der Waals surface area contributed by atoms with Crippen LogP contribution in [0.3, 0.4) is 0 Å². The zero-order valence-electron chi connectivity index (χ0n) is 13.9. The minimum Gasteiger partial charge on any atom is -0.355 e. The molecule has 1 amide bonds. The summed E-state index contributed by atoms with van der Waals surface area (Å²) in [5.41, 5.74) is 0.753. The van der Waals surface area contributed by atoms with Crippen molar-refractivity contribution >= 4 is 16.7 Å².